The number of imidazole rings is 2. The number of aryl methyl sites for hydroxylation is 5. The molecule has 0 fully saturated rings. The van der Waals surface area contributed by atoms with Gasteiger partial charge in [-0.3, -0.25) is 4.98 Å². The van der Waals surface area contributed by atoms with Crippen LogP contribution in [0.25, 0.3) is 78.5 Å². The van der Waals surface area contributed by atoms with Gasteiger partial charge in [0, 0.05) is 11.8 Å². The van der Waals surface area contributed by atoms with Crippen LogP contribution in [0.2, 0.25) is 0 Å². The van der Waals surface area contributed by atoms with E-state index >= 15 is 0 Å². The van der Waals surface area contributed by atoms with Crippen LogP contribution in [-0.4, -0.2) is 14.1 Å². The average Bonchev–Trinajstić information content (AvgIpc) is 4.20. The minimum atomic E-state index is 0.936. The lowest BCUT2D eigenvalue weighted by Crippen LogP contribution is -2.27. The van der Waals surface area contributed by atoms with E-state index in [1.165, 1.54) is 72.3 Å². The number of hydrogen-bond donors (Lipinski definition) is 0. The van der Waals surface area contributed by atoms with Crippen LogP contribution < -0.4 is 9.13 Å². The number of rotatable bonds is 15. The Morgan fingerprint density at radius 2 is 0.827 bits per heavy atom. The van der Waals surface area contributed by atoms with Crippen molar-refractivity contribution in [1.82, 2.24) is 14.1 Å². The molecule has 0 unspecified atom stereocenters. The van der Waals surface area contributed by atoms with E-state index in [1.54, 1.807) is 0 Å². The van der Waals surface area contributed by atoms with Gasteiger partial charge in [0.05, 0.1) is 5.69 Å². The first-order valence-corrected chi connectivity index (χ1v) is 26.0. The summed E-state index contributed by atoms with van der Waals surface area (Å²) < 4.78 is 8.65. The first-order valence-electron chi connectivity index (χ1n) is 26.0. The molecule has 3 aromatic heterocycles. The molecule has 0 atom stereocenters. The molecular weight excluding hydrogens is 911 g/mol. The number of aromatic nitrogens is 5. The summed E-state index contributed by atoms with van der Waals surface area (Å²) in [5.74, 6) is 0. The molecule has 360 valence electrons. The van der Waals surface area contributed by atoms with Crippen molar-refractivity contribution in [3.8, 4) is 78.5 Å². The fourth-order valence-corrected chi connectivity index (χ4v) is 10.3. The van der Waals surface area contributed by atoms with Gasteiger partial charge in [-0.25, -0.2) is 18.3 Å². The zero-order valence-electron chi connectivity index (χ0n) is 42.1. The number of nitrogens with zero attached hydrogens (tertiary/aromatic N) is 5. The van der Waals surface area contributed by atoms with Gasteiger partial charge in [-0.2, -0.15) is 0 Å². The van der Waals surface area contributed by atoms with Crippen LogP contribution >= 0.6 is 0 Å². The highest BCUT2D eigenvalue weighted by Gasteiger charge is 2.15. The number of benzene rings is 9. The molecule has 12 rings (SSSR count). The van der Waals surface area contributed by atoms with Gasteiger partial charge in [0.2, 0.25) is 0 Å². The highest BCUT2D eigenvalue weighted by molar-refractivity contribution is 5.85. The van der Waals surface area contributed by atoms with Crippen LogP contribution in [-0.2, 0) is 25.7 Å². The van der Waals surface area contributed by atoms with E-state index in [0.29, 0.717) is 0 Å². The van der Waals surface area contributed by atoms with Crippen molar-refractivity contribution in [2.45, 2.75) is 32.6 Å². The Balaban J connectivity index is 0.800. The quantitative estimate of drug-likeness (QED) is 0.0942. The SMILES string of the molecule is Cc1cc(-c2ccccc2)ccc1-c1ccnc(-c2ccc(-c3ccccc3-c3cc(CCc4ccc(-[n+]5ccn(-c6ccccc6)c5)cc4)cc(CCc4ccc(-[n+]5ccn(-c6ccccc6)c5)cc4)c3)cc2)c1. The molecule has 0 bridgehead atoms. The predicted octanol–water partition coefficient (Wildman–Crippen LogP) is 15.4. The molecule has 0 aliphatic carbocycles. The van der Waals surface area contributed by atoms with E-state index in [9.17, 15) is 0 Å². The molecule has 0 spiro atoms. The fourth-order valence-electron chi connectivity index (χ4n) is 10.3. The maximum Gasteiger partial charge on any atom is 0.254 e. The molecule has 0 N–H and O–H groups in total. The number of para-hydroxylation sites is 2. The number of hydrogen-bond acceptors (Lipinski definition) is 1. The third-order valence-electron chi connectivity index (χ3n) is 14.4. The van der Waals surface area contributed by atoms with Crippen molar-refractivity contribution in [3.63, 3.8) is 0 Å². The van der Waals surface area contributed by atoms with Gasteiger partial charge in [-0.1, -0.05) is 176 Å². The Labute approximate surface area is 440 Å². The summed E-state index contributed by atoms with van der Waals surface area (Å²) in [6.45, 7) is 2.20. The van der Waals surface area contributed by atoms with Crippen LogP contribution in [0.1, 0.15) is 27.8 Å². The second-order valence-corrected chi connectivity index (χ2v) is 19.4. The minimum Gasteiger partial charge on any atom is -0.256 e. The highest BCUT2D eigenvalue weighted by Crippen LogP contribution is 2.36. The Morgan fingerprint density at radius 1 is 0.347 bits per heavy atom. The molecule has 0 radical (unpaired) electrons. The maximum atomic E-state index is 4.85. The topological polar surface area (TPSA) is 30.5 Å². The van der Waals surface area contributed by atoms with Crippen LogP contribution in [0.3, 0.4) is 0 Å². The Morgan fingerprint density at radius 3 is 1.37 bits per heavy atom. The van der Waals surface area contributed by atoms with Gasteiger partial charge in [0.15, 0.2) is 0 Å². The normalized spacial score (nSPS) is 11.2. The molecule has 9 aromatic carbocycles. The zero-order chi connectivity index (χ0) is 50.3. The van der Waals surface area contributed by atoms with Crippen LogP contribution in [0.4, 0.5) is 0 Å². The van der Waals surface area contributed by atoms with E-state index < -0.39 is 0 Å². The summed E-state index contributed by atoms with van der Waals surface area (Å²) in [5.41, 5.74) is 22.9. The first kappa shape index (κ1) is 46.6. The minimum absolute atomic E-state index is 0.936. The van der Waals surface area contributed by atoms with Crippen LogP contribution in [0, 0.1) is 6.92 Å². The second kappa shape index (κ2) is 21.3. The third-order valence-corrected chi connectivity index (χ3v) is 14.4. The van der Waals surface area contributed by atoms with Gasteiger partial charge in [0.25, 0.3) is 12.7 Å². The van der Waals surface area contributed by atoms with Crippen molar-refractivity contribution in [2.24, 2.45) is 0 Å². The summed E-state index contributed by atoms with van der Waals surface area (Å²) in [5, 5.41) is 0. The summed E-state index contributed by atoms with van der Waals surface area (Å²) in [6.07, 6.45) is 18.4. The molecule has 5 nitrogen and oxygen atoms in total. The molecule has 75 heavy (non-hydrogen) atoms. The summed E-state index contributed by atoms with van der Waals surface area (Å²) >= 11 is 0. The third kappa shape index (κ3) is 10.6. The molecule has 0 aliphatic rings. The van der Waals surface area contributed by atoms with E-state index in [1.807, 2.05) is 18.3 Å². The van der Waals surface area contributed by atoms with Crippen molar-refractivity contribution < 1.29 is 9.13 Å². The molecular formula is C70H57N5+2. The molecule has 3 heterocycles. The average molecular weight is 968 g/mol. The van der Waals surface area contributed by atoms with Crippen molar-refractivity contribution in [2.75, 3.05) is 0 Å². The lowest BCUT2D eigenvalue weighted by atomic mass is 9.90. The van der Waals surface area contributed by atoms with Crippen molar-refractivity contribution in [3.05, 3.63) is 308 Å². The molecule has 0 aliphatic heterocycles. The van der Waals surface area contributed by atoms with E-state index in [2.05, 4.69) is 287 Å². The molecule has 0 saturated carbocycles. The molecule has 0 saturated heterocycles. The molecule has 12 aromatic rings. The van der Waals surface area contributed by atoms with E-state index in [0.717, 1.165) is 59.7 Å². The smallest absolute Gasteiger partial charge is 0.254 e. The first-order chi connectivity index (χ1) is 37.0. The monoisotopic (exact) mass is 967 g/mol. The standard InChI is InChI=1S/C70H57N5/c1-52-45-60(57-13-5-2-6-14-57)33-38-67(52)61-39-40-71-70(49-61)59-31-29-58(30-32-59)68-19-11-12-20-69(68)62-47-55(23-21-53-25-34-65(35-26-53)74-43-41-72(50-74)63-15-7-3-8-16-63)46-56(48-62)24-22-54-27-36-66(37-28-54)75-44-42-73(51-75)64-17-9-4-10-18-64/h2-20,25-51H,21-24H2,1H3/q+2. The molecule has 5 heteroatoms. The van der Waals surface area contributed by atoms with Gasteiger partial charge in [0.1, 0.15) is 47.5 Å². The van der Waals surface area contributed by atoms with Crippen LogP contribution in [0.5, 0.6) is 0 Å². The van der Waals surface area contributed by atoms with Crippen molar-refractivity contribution in [1.29, 1.82) is 0 Å². The van der Waals surface area contributed by atoms with Gasteiger partial charge >= 0.3 is 0 Å². The second-order valence-electron chi connectivity index (χ2n) is 19.4. The van der Waals surface area contributed by atoms with Crippen LogP contribution in [0.15, 0.2) is 280 Å². The maximum absolute atomic E-state index is 4.85. The summed E-state index contributed by atoms with van der Waals surface area (Å²) in [7, 11) is 0. The Bertz CT molecular complexity index is 3710. The van der Waals surface area contributed by atoms with E-state index in [-0.39, 0.29) is 0 Å². The Hall–Kier alpha value is -9.45. The van der Waals surface area contributed by atoms with Gasteiger partial charge in [-0.05, 0) is 166 Å². The fraction of sp³-hybridized carbons (Fsp3) is 0.0714. The van der Waals surface area contributed by atoms with Gasteiger partial charge in [-0.15, -0.1) is 0 Å². The lowest BCUT2D eigenvalue weighted by molar-refractivity contribution is -0.595. The molecule has 0 amide bonds. The summed E-state index contributed by atoms with van der Waals surface area (Å²) in [4.78, 5) is 4.85. The van der Waals surface area contributed by atoms with Crippen molar-refractivity contribution >= 4 is 0 Å². The zero-order valence-corrected chi connectivity index (χ0v) is 42.1. The largest absolute Gasteiger partial charge is 0.256 e. The van der Waals surface area contributed by atoms with E-state index in [4.69, 9.17) is 4.98 Å². The number of pyridine rings is 1. The Kier molecular flexibility index (Phi) is 13.3. The van der Waals surface area contributed by atoms with Gasteiger partial charge < -0.3 is 0 Å². The summed E-state index contributed by atoms with van der Waals surface area (Å²) in [6, 6.07) is 85.7. The lowest BCUT2D eigenvalue weighted by Gasteiger charge is -2.15. The highest BCUT2D eigenvalue weighted by atomic mass is 15.1. The predicted molar refractivity (Wildman–Crippen MR) is 306 cm³/mol.